The number of carbonyl (C=O) groups is 1. The molecule has 0 saturated carbocycles. The molecule has 1 N–H and O–H groups in total. The molecule has 66 valence electrons. The van der Waals surface area contributed by atoms with Crippen LogP contribution in [0.15, 0.2) is 43.0 Å². The fourth-order valence-corrected chi connectivity index (χ4v) is 1.01. The Morgan fingerprint density at radius 2 is 2.08 bits per heavy atom. The van der Waals surface area contributed by atoms with Crippen molar-refractivity contribution in [3.63, 3.8) is 0 Å². The Balaban J connectivity index is 3.11. The molecule has 2 heteroatoms. The van der Waals surface area contributed by atoms with Crippen molar-refractivity contribution < 1.29 is 9.90 Å². The number of benzene rings is 1. The minimum absolute atomic E-state index is 0.306. The van der Waals surface area contributed by atoms with Crippen LogP contribution >= 0.6 is 0 Å². The molecule has 1 aromatic carbocycles. The molecule has 13 heavy (non-hydrogen) atoms. The minimum atomic E-state index is -0.913. The molecular weight excluding hydrogens is 164 g/mol. The first kappa shape index (κ1) is 9.26. The van der Waals surface area contributed by atoms with Crippen molar-refractivity contribution in [2.45, 2.75) is 0 Å². The summed E-state index contributed by atoms with van der Waals surface area (Å²) in [5.41, 5.74) is 0.996. The molecule has 2 nitrogen and oxygen atoms in total. The highest BCUT2D eigenvalue weighted by atomic mass is 16.4. The predicted molar refractivity (Wildman–Crippen MR) is 52.6 cm³/mol. The Bertz CT molecular complexity index is 351. The molecule has 0 saturated heterocycles. The number of allylic oxidation sites excluding steroid dienone is 2. The molecule has 0 bridgehead atoms. The zero-order valence-electron chi connectivity index (χ0n) is 7.10. The second-order valence-corrected chi connectivity index (χ2v) is 2.49. The maximum absolute atomic E-state index is 10.7. The molecule has 1 aromatic rings. The third-order valence-corrected chi connectivity index (χ3v) is 1.60. The van der Waals surface area contributed by atoms with Crippen molar-refractivity contribution in [2.24, 2.45) is 0 Å². The van der Waals surface area contributed by atoms with Crippen LogP contribution in [0.1, 0.15) is 15.9 Å². The Labute approximate surface area is 76.8 Å². The summed E-state index contributed by atoms with van der Waals surface area (Å²) in [5, 5.41) is 8.81. The fourth-order valence-electron chi connectivity index (χ4n) is 1.01. The molecule has 0 amide bonds. The molecule has 0 aliphatic heterocycles. The third kappa shape index (κ3) is 2.30. The Hall–Kier alpha value is -1.83. The lowest BCUT2D eigenvalue weighted by Crippen LogP contribution is -1.98. The lowest BCUT2D eigenvalue weighted by molar-refractivity contribution is 0.0696. The summed E-state index contributed by atoms with van der Waals surface area (Å²) in [6.45, 7) is 3.52. The van der Waals surface area contributed by atoms with Gasteiger partial charge in [-0.05, 0) is 11.6 Å². The van der Waals surface area contributed by atoms with Gasteiger partial charge in [0, 0.05) is 0 Å². The first-order chi connectivity index (χ1) is 6.25. The highest BCUT2D eigenvalue weighted by Crippen LogP contribution is 2.10. The van der Waals surface area contributed by atoms with Gasteiger partial charge in [0.2, 0.25) is 0 Å². The molecule has 0 heterocycles. The van der Waals surface area contributed by atoms with Crippen LogP contribution in [-0.4, -0.2) is 11.1 Å². The van der Waals surface area contributed by atoms with Gasteiger partial charge in [-0.2, -0.15) is 0 Å². The maximum atomic E-state index is 10.7. The monoisotopic (exact) mass is 174 g/mol. The molecule has 0 radical (unpaired) electrons. The van der Waals surface area contributed by atoms with Crippen LogP contribution in [-0.2, 0) is 0 Å². The third-order valence-electron chi connectivity index (χ3n) is 1.60. The van der Waals surface area contributed by atoms with Crippen LogP contribution in [0.2, 0.25) is 0 Å². The molecular formula is C11H10O2. The van der Waals surface area contributed by atoms with Gasteiger partial charge in [0.15, 0.2) is 0 Å². The SMILES string of the molecule is C=C/C=C/c1ccccc1C(=O)O. The quantitative estimate of drug-likeness (QED) is 0.715. The standard InChI is InChI=1S/C11H10O2/c1-2-3-6-9-7-4-5-8-10(9)11(12)13/h2-8H,1H2,(H,12,13)/b6-3+. The molecule has 0 atom stereocenters. The highest BCUT2D eigenvalue weighted by Gasteiger charge is 2.04. The lowest BCUT2D eigenvalue weighted by atomic mass is 10.1. The van der Waals surface area contributed by atoms with Crippen LogP contribution in [0, 0.1) is 0 Å². The smallest absolute Gasteiger partial charge is 0.336 e. The normalized spacial score (nSPS) is 10.2. The van der Waals surface area contributed by atoms with Crippen molar-refractivity contribution in [1.29, 1.82) is 0 Å². The van der Waals surface area contributed by atoms with Crippen LogP contribution in [0.5, 0.6) is 0 Å². The number of carboxylic acid groups (broad SMARTS) is 1. The number of carboxylic acids is 1. The summed E-state index contributed by atoms with van der Waals surface area (Å²) >= 11 is 0. The fraction of sp³-hybridized carbons (Fsp3) is 0. The van der Waals surface area contributed by atoms with Gasteiger partial charge in [-0.1, -0.05) is 43.0 Å². The van der Waals surface area contributed by atoms with E-state index in [-0.39, 0.29) is 0 Å². The molecule has 0 aromatic heterocycles. The summed E-state index contributed by atoms with van der Waals surface area (Å²) in [4.78, 5) is 10.7. The Morgan fingerprint density at radius 3 is 2.69 bits per heavy atom. The molecule has 0 aliphatic rings. The number of rotatable bonds is 3. The molecule has 1 rings (SSSR count). The van der Waals surface area contributed by atoms with E-state index in [0.717, 1.165) is 0 Å². The zero-order chi connectivity index (χ0) is 9.68. The average Bonchev–Trinajstić information content (AvgIpc) is 2.15. The van der Waals surface area contributed by atoms with Gasteiger partial charge in [0.1, 0.15) is 0 Å². The number of hydrogen-bond acceptors (Lipinski definition) is 1. The van der Waals surface area contributed by atoms with Gasteiger partial charge in [-0.25, -0.2) is 4.79 Å². The second-order valence-electron chi connectivity index (χ2n) is 2.49. The van der Waals surface area contributed by atoms with Crippen molar-refractivity contribution >= 4 is 12.0 Å². The zero-order valence-corrected chi connectivity index (χ0v) is 7.10. The Morgan fingerprint density at radius 1 is 1.38 bits per heavy atom. The molecule has 0 aliphatic carbocycles. The predicted octanol–water partition coefficient (Wildman–Crippen LogP) is 2.58. The summed E-state index contributed by atoms with van der Waals surface area (Å²) in [6, 6.07) is 6.83. The molecule has 0 unspecified atom stereocenters. The van der Waals surface area contributed by atoms with Gasteiger partial charge in [0.05, 0.1) is 5.56 Å². The van der Waals surface area contributed by atoms with Crippen molar-refractivity contribution in [2.75, 3.05) is 0 Å². The summed E-state index contributed by atoms with van der Waals surface area (Å²) in [6.07, 6.45) is 5.04. The molecule has 0 spiro atoms. The topological polar surface area (TPSA) is 37.3 Å². The highest BCUT2D eigenvalue weighted by molar-refractivity contribution is 5.92. The minimum Gasteiger partial charge on any atom is -0.478 e. The summed E-state index contributed by atoms with van der Waals surface area (Å²) < 4.78 is 0. The van der Waals surface area contributed by atoms with Gasteiger partial charge in [-0.3, -0.25) is 0 Å². The first-order valence-electron chi connectivity index (χ1n) is 3.87. The van der Waals surface area contributed by atoms with Crippen molar-refractivity contribution in [3.05, 3.63) is 54.1 Å². The van der Waals surface area contributed by atoms with Crippen LogP contribution in [0.25, 0.3) is 6.08 Å². The van der Waals surface area contributed by atoms with E-state index in [9.17, 15) is 4.79 Å². The van der Waals surface area contributed by atoms with E-state index in [1.807, 2.05) is 0 Å². The van der Waals surface area contributed by atoms with E-state index in [1.54, 1.807) is 42.5 Å². The first-order valence-corrected chi connectivity index (χ1v) is 3.87. The number of aromatic carboxylic acids is 1. The van der Waals surface area contributed by atoms with Crippen molar-refractivity contribution in [3.8, 4) is 0 Å². The van der Waals surface area contributed by atoms with Gasteiger partial charge in [-0.15, -0.1) is 0 Å². The average molecular weight is 174 g/mol. The van der Waals surface area contributed by atoms with Gasteiger partial charge >= 0.3 is 5.97 Å². The van der Waals surface area contributed by atoms with E-state index in [4.69, 9.17) is 5.11 Å². The number of hydrogen-bond donors (Lipinski definition) is 1. The van der Waals surface area contributed by atoms with E-state index in [0.29, 0.717) is 11.1 Å². The largest absolute Gasteiger partial charge is 0.478 e. The summed E-state index contributed by atoms with van der Waals surface area (Å²) in [7, 11) is 0. The van der Waals surface area contributed by atoms with Crippen molar-refractivity contribution in [1.82, 2.24) is 0 Å². The second kappa shape index (κ2) is 4.26. The van der Waals surface area contributed by atoms with E-state index >= 15 is 0 Å². The van der Waals surface area contributed by atoms with Gasteiger partial charge < -0.3 is 5.11 Å². The maximum Gasteiger partial charge on any atom is 0.336 e. The lowest BCUT2D eigenvalue weighted by Gasteiger charge is -1.98. The van der Waals surface area contributed by atoms with E-state index < -0.39 is 5.97 Å². The Kier molecular flexibility index (Phi) is 3.03. The van der Waals surface area contributed by atoms with E-state index in [1.165, 1.54) is 0 Å². The van der Waals surface area contributed by atoms with Gasteiger partial charge in [0.25, 0.3) is 0 Å². The van der Waals surface area contributed by atoms with Crippen LogP contribution < -0.4 is 0 Å². The summed E-state index contributed by atoms with van der Waals surface area (Å²) in [5.74, 6) is -0.913. The van der Waals surface area contributed by atoms with Crippen LogP contribution in [0.3, 0.4) is 0 Å². The molecule has 0 fully saturated rings. The van der Waals surface area contributed by atoms with Crippen LogP contribution in [0.4, 0.5) is 0 Å². The van der Waals surface area contributed by atoms with E-state index in [2.05, 4.69) is 6.58 Å².